The van der Waals surface area contributed by atoms with Gasteiger partial charge in [0, 0.05) is 43.5 Å². The van der Waals surface area contributed by atoms with E-state index in [0.717, 1.165) is 25.2 Å². The predicted molar refractivity (Wildman–Crippen MR) is 126 cm³/mol. The van der Waals surface area contributed by atoms with Gasteiger partial charge in [-0.1, -0.05) is 25.1 Å². The number of hydrogen-bond donors (Lipinski definition) is 2. The average Bonchev–Trinajstić information content (AvgIpc) is 2.90. The van der Waals surface area contributed by atoms with Gasteiger partial charge in [-0.3, -0.25) is 25.3 Å². The number of ether oxygens (including phenoxy) is 1. The Morgan fingerprint density at radius 3 is 2.31 bits per heavy atom. The number of likely N-dealkylation sites (N-methyl/N-ethyl adjacent to an activating group) is 1. The minimum atomic E-state index is -3.23. The van der Waals surface area contributed by atoms with Crippen LogP contribution in [0.15, 0.2) is 48.5 Å². The number of benzene rings is 2. The number of halogens is 2. The normalized spacial score (nSPS) is 13.9. The van der Waals surface area contributed by atoms with Gasteiger partial charge in [-0.15, -0.1) is 0 Å². The van der Waals surface area contributed by atoms with E-state index in [1.165, 1.54) is 12.1 Å². The fraction of sp³-hybridized carbons (Fsp3) is 0.375. The van der Waals surface area contributed by atoms with Gasteiger partial charge in [-0.05, 0) is 36.4 Å². The molecule has 11 heteroatoms. The Morgan fingerprint density at radius 1 is 1.03 bits per heavy atom. The third kappa shape index (κ3) is 6.89. The number of urea groups is 1. The number of alkyl halides is 2. The maximum Gasteiger partial charge on any atom is 0.324 e. The van der Waals surface area contributed by atoms with Gasteiger partial charge in [0.2, 0.25) is 0 Å². The molecular formula is C24H29F2N5O4. The van der Waals surface area contributed by atoms with E-state index in [0.29, 0.717) is 24.5 Å². The summed E-state index contributed by atoms with van der Waals surface area (Å²) in [7, 11) is 1.56. The van der Waals surface area contributed by atoms with Crippen LogP contribution in [0.1, 0.15) is 22.8 Å². The quantitative estimate of drug-likeness (QED) is 0.583. The van der Waals surface area contributed by atoms with Gasteiger partial charge in [0.15, 0.2) is 0 Å². The van der Waals surface area contributed by atoms with Crippen molar-refractivity contribution in [2.24, 2.45) is 0 Å². The van der Waals surface area contributed by atoms with Crippen molar-refractivity contribution >= 4 is 23.5 Å². The first kappa shape index (κ1) is 25.9. The lowest BCUT2D eigenvalue weighted by molar-refractivity contribution is -0.132. The molecule has 1 aliphatic heterocycles. The molecule has 0 bridgehead atoms. The zero-order chi connectivity index (χ0) is 25.4. The van der Waals surface area contributed by atoms with Crippen LogP contribution in [0.2, 0.25) is 0 Å². The van der Waals surface area contributed by atoms with Crippen LogP contribution in [0.3, 0.4) is 0 Å². The summed E-state index contributed by atoms with van der Waals surface area (Å²) in [6, 6.07) is 13.4. The predicted octanol–water partition coefficient (Wildman–Crippen LogP) is 2.49. The standard InChI is InChI=1S/C24H29F2N5O4/c1-3-29-11-13-30(14-12-29)24(34)31(19-5-4-6-20(15-19)35-2)16-17-7-9-18(10-8-17)22(32)27-28-23(33)21(25)26/h4-10,15,21H,3,11-14,16H2,1-2H3,(H,27,32)(H,28,33). The highest BCUT2D eigenvalue weighted by Gasteiger charge is 2.26. The molecule has 35 heavy (non-hydrogen) atoms. The van der Waals surface area contributed by atoms with Crippen molar-refractivity contribution in [1.29, 1.82) is 0 Å². The molecule has 0 atom stereocenters. The van der Waals surface area contributed by atoms with E-state index in [9.17, 15) is 23.2 Å². The summed E-state index contributed by atoms with van der Waals surface area (Å²) >= 11 is 0. The molecule has 0 spiro atoms. The molecule has 2 aromatic rings. The van der Waals surface area contributed by atoms with Crippen LogP contribution in [-0.2, 0) is 11.3 Å². The Bertz CT molecular complexity index is 1030. The molecule has 188 valence electrons. The molecule has 0 unspecified atom stereocenters. The number of carbonyl (C=O) groups excluding carboxylic acids is 3. The van der Waals surface area contributed by atoms with Crippen LogP contribution >= 0.6 is 0 Å². The van der Waals surface area contributed by atoms with Crippen LogP contribution < -0.4 is 20.5 Å². The highest BCUT2D eigenvalue weighted by Crippen LogP contribution is 2.24. The maximum absolute atomic E-state index is 13.5. The number of rotatable bonds is 7. The zero-order valence-electron chi connectivity index (χ0n) is 19.7. The average molecular weight is 490 g/mol. The van der Waals surface area contributed by atoms with Crippen molar-refractivity contribution in [2.75, 3.05) is 44.7 Å². The monoisotopic (exact) mass is 489 g/mol. The SMILES string of the molecule is CCN1CCN(C(=O)N(Cc2ccc(C(=O)NNC(=O)C(F)F)cc2)c2cccc(OC)c2)CC1. The van der Waals surface area contributed by atoms with Gasteiger partial charge < -0.3 is 14.5 Å². The van der Waals surface area contributed by atoms with Gasteiger partial charge in [-0.25, -0.2) is 4.79 Å². The van der Waals surface area contributed by atoms with Gasteiger partial charge >= 0.3 is 18.4 Å². The highest BCUT2D eigenvalue weighted by atomic mass is 19.3. The summed E-state index contributed by atoms with van der Waals surface area (Å²) in [4.78, 5) is 42.3. The van der Waals surface area contributed by atoms with Crippen molar-refractivity contribution in [1.82, 2.24) is 20.7 Å². The molecular weight excluding hydrogens is 460 g/mol. The Balaban J connectivity index is 1.75. The second-order valence-corrected chi connectivity index (χ2v) is 7.93. The summed E-state index contributed by atoms with van der Waals surface area (Å²) in [6.45, 7) is 6.13. The minimum absolute atomic E-state index is 0.134. The number of methoxy groups -OCH3 is 1. The van der Waals surface area contributed by atoms with Gasteiger partial charge in [0.1, 0.15) is 5.75 Å². The third-order valence-electron chi connectivity index (χ3n) is 5.74. The van der Waals surface area contributed by atoms with Crippen molar-refractivity contribution in [3.8, 4) is 5.75 Å². The van der Waals surface area contributed by atoms with Crippen LogP contribution in [-0.4, -0.2) is 73.9 Å². The number of piperazine rings is 1. The minimum Gasteiger partial charge on any atom is -0.497 e. The maximum atomic E-state index is 13.5. The molecule has 3 rings (SSSR count). The van der Waals surface area contributed by atoms with E-state index in [-0.39, 0.29) is 18.1 Å². The molecule has 0 aromatic heterocycles. The number of nitrogens with one attached hydrogen (secondary N) is 2. The lowest BCUT2D eigenvalue weighted by Crippen LogP contribution is -2.52. The van der Waals surface area contributed by atoms with E-state index in [2.05, 4.69) is 11.8 Å². The number of anilines is 1. The van der Waals surface area contributed by atoms with Crippen molar-refractivity contribution in [3.63, 3.8) is 0 Å². The Kier molecular flexibility index (Phi) is 8.96. The molecule has 0 radical (unpaired) electrons. The Hall–Kier alpha value is -3.73. The summed E-state index contributed by atoms with van der Waals surface area (Å²) in [5.41, 5.74) is 5.18. The summed E-state index contributed by atoms with van der Waals surface area (Å²) < 4.78 is 29.9. The number of hydrogen-bond acceptors (Lipinski definition) is 5. The lowest BCUT2D eigenvalue weighted by atomic mass is 10.1. The molecule has 2 aromatic carbocycles. The van der Waals surface area contributed by atoms with Gasteiger partial charge in [0.05, 0.1) is 13.7 Å². The molecule has 2 N–H and O–H groups in total. The third-order valence-corrected chi connectivity index (χ3v) is 5.74. The van der Waals surface area contributed by atoms with Crippen molar-refractivity contribution in [2.45, 2.75) is 19.9 Å². The van der Waals surface area contributed by atoms with Crippen LogP contribution in [0.4, 0.5) is 19.3 Å². The summed E-state index contributed by atoms with van der Waals surface area (Å²) in [6.07, 6.45) is -3.23. The Labute approximate surface area is 202 Å². The Morgan fingerprint density at radius 2 is 1.71 bits per heavy atom. The number of carbonyl (C=O) groups is 3. The zero-order valence-corrected chi connectivity index (χ0v) is 19.7. The van der Waals surface area contributed by atoms with Gasteiger partial charge in [-0.2, -0.15) is 8.78 Å². The van der Waals surface area contributed by atoms with Crippen molar-refractivity contribution < 1.29 is 27.9 Å². The second kappa shape index (κ2) is 12.1. The van der Waals surface area contributed by atoms with Crippen molar-refractivity contribution in [3.05, 3.63) is 59.7 Å². The molecule has 0 saturated carbocycles. The molecule has 1 fully saturated rings. The van der Waals surface area contributed by atoms with Crippen LogP contribution in [0.5, 0.6) is 5.75 Å². The van der Waals surface area contributed by atoms with Crippen LogP contribution in [0, 0.1) is 0 Å². The molecule has 1 saturated heterocycles. The summed E-state index contributed by atoms with van der Waals surface area (Å²) in [5.74, 6) is -1.71. The summed E-state index contributed by atoms with van der Waals surface area (Å²) in [5, 5.41) is 0. The molecule has 9 nitrogen and oxygen atoms in total. The molecule has 4 amide bonds. The first-order valence-corrected chi connectivity index (χ1v) is 11.2. The van der Waals surface area contributed by atoms with E-state index < -0.39 is 18.2 Å². The fourth-order valence-corrected chi connectivity index (χ4v) is 3.66. The molecule has 1 aliphatic rings. The lowest BCUT2D eigenvalue weighted by Gasteiger charge is -2.37. The molecule has 1 heterocycles. The first-order chi connectivity index (χ1) is 16.8. The van der Waals surface area contributed by atoms with E-state index in [1.54, 1.807) is 41.7 Å². The van der Waals surface area contributed by atoms with E-state index in [4.69, 9.17) is 4.74 Å². The van der Waals surface area contributed by atoms with Crippen LogP contribution in [0.25, 0.3) is 0 Å². The topological polar surface area (TPSA) is 94.2 Å². The van der Waals surface area contributed by atoms with E-state index in [1.807, 2.05) is 22.5 Å². The van der Waals surface area contributed by atoms with E-state index >= 15 is 0 Å². The molecule has 0 aliphatic carbocycles. The van der Waals surface area contributed by atoms with Gasteiger partial charge in [0.25, 0.3) is 5.91 Å². The number of nitrogens with zero attached hydrogens (tertiary/aromatic N) is 3. The number of amides is 4. The largest absolute Gasteiger partial charge is 0.497 e. The highest BCUT2D eigenvalue weighted by molar-refractivity contribution is 5.96. The smallest absolute Gasteiger partial charge is 0.324 e. The second-order valence-electron chi connectivity index (χ2n) is 7.93. The first-order valence-electron chi connectivity index (χ1n) is 11.2. The fourth-order valence-electron chi connectivity index (χ4n) is 3.66. The number of hydrazine groups is 1.